The average molecular weight is 415 g/mol. The summed E-state index contributed by atoms with van der Waals surface area (Å²) < 4.78 is 38.2. The molecule has 0 aromatic heterocycles. The van der Waals surface area contributed by atoms with E-state index in [4.69, 9.17) is 0 Å². The number of halogens is 3. The van der Waals surface area contributed by atoms with Crippen molar-refractivity contribution >= 4 is 11.8 Å². The second kappa shape index (κ2) is 10.1. The zero-order valence-corrected chi connectivity index (χ0v) is 16.6. The summed E-state index contributed by atoms with van der Waals surface area (Å²) in [5.74, 6) is -1.14. The van der Waals surface area contributed by atoms with Gasteiger partial charge in [0.1, 0.15) is 0 Å². The highest BCUT2D eigenvalue weighted by Crippen LogP contribution is 2.29. The van der Waals surface area contributed by atoms with Gasteiger partial charge in [0.15, 0.2) is 0 Å². The van der Waals surface area contributed by atoms with E-state index in [2.05, 4.69) is 16.0 Å². The first-order valence-corrected chi connectivity index (χ1v) is 9.72. The van der Waals surface area contributed by atoms with Crippen molar-refractivity contribution in [2.75, 3.05) is 13.2 Å². The maximum atomic E-state index is 12.7. The van der Waals surface area contributed by atoms with Gasteiger partial charge in [-0.1, -0.05) is 19.9 Å². The molecule has 162 valence electrons. The SMILES string of the molecule is CC(C)N[C@@H]1CC[C@H](NC(=O)CNC(=O)c2cccc(C(F)(F)F)c2)C[C@@H]1CO. The minimum absolute atomic E-state index is 0.0169. The van der Waals surface area contributed by atoms with Gasteiger partial charge in [-0.25, -0.2) is 0 Å². The first kappa shape index (κ1) is 23.2. The van der Waals surface area contributed by atoms with Gasteiger partial charge in [0.25, 0.3) is 5.91 Å². The Balaban J connectivity index is 1.83. The summed E-state index contributed by atoms with van der Waals surface area (Å²) in [7, 11) is 0. The predicted octanol–water partition coefficient (Wildman–Crippen LogP) is 2.08. The second-order valence-electron chi connectivity index (χ2n) is 7.71. The van der Waals surface area contributed by atoms with Crippen LogP contribution in [0.15, 0.2) is 24.3 Å². The number of rotatable bonds is 7. The highest BCUT2D eigenvalue weighted by atomic mass is 19.4. The quantitative estimate of drug-likeness (QED) is 0.549. The lowest BCUT2D eigenvalue weighted by atomic mass is 9.81. The normalized spacial score (nSPS) is 22.4. The molecule has 0 heterocycles. The fraction of sp³-hybridized carbons (Fsp3) is 0.600. The lowest BCUT2D eigenvalue weighted by molar-refractivity contribution is -0.137. The Hall–Kier alpha value is -2.13. The molecule has 0 saturated heterocycles. The fourth-order valence-electron chi connectivity index (χ4n) is 3.62. The zero-order valence-electron chi connectivity index (χ0n) is 16.6. The Morgan fingerprint density at radius 3 is 2.59 bits per heavy atom. The molecule has 6 nitrogen and oxygen atoms in total. The van der Waals surface area contributed by atoms with E-state index in [9.17, 15) is 27.9 Å². The summed E-state index contributed by atoms with van der Waals surface area (Å²) in [5, 5.41) is 18.2. The van der Waals surface area contributed by atoms with Crippen LogP contribution in [0.1, 0.15) is 49.0 Å². The van der Waals surface area contributed by atoms with E-state index in [1.54, 1.807) is 0 Å². The van der Waals surface area contributed by atoms with E-state index in [0.717, 1.165) is 31.0 Å². The van der Waals surface area contributed by atoms with Crippen molar-refractivity contribution in [1.29, 1.82) is 0 Å². The molecule has 1 aliphatic rings. The number of alkyl halides is 3. The van der Waals surface area contributed by atoms with Crippen molar-refractivity contribution in [1.82, 2.24) is 16.0 Å². The average Bonchev–Trinajstić information content (AvgIpc) is 2.66. The Labute approximate surface area is 168 Å². The van der Waals surface area contributed by atoms with Gasteiger partial charge in [0.05, 0.1) is 12.1 Å². The summed E-state index contributed by atoms with van der Waals surface area (Å²) in [6.45, 7) is 3.76. The van der Waals surface area contributed by atoms with E-state index < -0.39 is 23.6 Å². The van der Waals surface area contributed by atoms with Crippen LogP contribution in [-0.2, 0) is 11.0 Å². The molecule has 0 bridgehead atoms. The molecule has 0 radical (unpaired) electrons. The van der Waals surface area contributed by atoms with Crippen molar-refractivity contribution < 1.29 is 27.9 Å². The number of aliphatic hydroxyl groups is 1. The van der Waals surface area contributed by atoms with Crippen molar-refractivity contribution in [3.05, 3.63) is 35.4 Å². The monoisotopic (exact) mass is 415 g/mol. The summed E-state index contributed by atoms with van der Waals surface area (Å²) in [5.41, 5.74) is -1.08. The smallest absolute Gasteiger partial charge is 0.396 e. The standard InChI is InChI=1S/C20H28F3N3O3/c1-12(2)25-17-7-6-16(9-14(17)11-27)26-18(28)10-24-19(29)13-4-3-5-15(8-13)20(21,22)23/h3-5,8,12,14,16-17,25,27H,6-7,9-11H2,1-2H3,(H,24,29)(H,26,28)/t14-,16+,17-/m1/s1. The maximum Gasteiger partial charge on any atom is 0.416 e. The van der Waals surface area contributed by atoms with Gasteiger partial charge in [-0.2, -0.15) is 13.2 Å². The molecular weight excluding hydrogens is 387 g/mol. The number of nitrogens with one attached hydrogen (secondary N) is 3. The van der Waals surface area contributed by atoms with Crippen LogP contribution in [0.5, 0.6) is 0 Å². The number of carbonyl (C=O) groups is 2. The van der Waals surface area contributed by atoms with Crippen LogP contribution in [-0.4, -0.2) is 48.2 Å². The predicted molar refractivity (Wildman–Crippen MR) is 102 cm³/mol. The molecule has 0 unspecified atom stereocenters. The van der Waals surface area contributed by atoms with Gasteiger partial charge in [-0.15, -0.1) is 0 Å². The van der Waals surface area contributed by atoms with E-state index in [1.807, 2.05) is 13.8 Å². The molecule has 3 atom stereocenters. The van der Waals surface area contributed by atoms with E-state index in [1.165, 1.54) is 6.07 Å². The van der Waals surface area contributed by atoms with Crippen molar-refractivity contribution in [3.63, 3.8) is 0 Å². The number of aliphatic hydroxyl groups excluding tert-OH is 1. The number of carbonyl (C=O) groups excluding carboxylic acids is 2. The maximum absolute atomic E-state index is 12.7. The largest absolute Gasteiger partial charge is 0.416 e. The molecule has 1 aromatic carbocycles. The van der Waals surface area contributed by atoms with Crippen LogP contribution < -0.4 is 16.0 Å². The third-order valence-corrected chi connectivity index (χ3v) is 4.99. The molecular formula is C20H28F3N3O3. The summed E-state index contributed by atoms with van der Waals surface area (Å²) in [4.78, 5) is 24.2. The topological polar surface area (TPSA) is 90.5 Å². The van der Waals surface area contributed by atoms with Crippen LogP contribution in [0.3, 0.4) is 0 Å². The molecule has 2 amide bonds. The highest BCUT2D eigenvalue weighted by molar-refractivity contribution is 5.96. The highest BCUT2D eigenvalue weighted by Gasteiger charge is 2.32. The van der Waals surface area contributed by atoms with Crippen LogP contribution >= 0.6 is 0 Å². The molecule has 9 heteroatoms. The summed E-state index contributed by atoms with van der Waals surface area (Å²) >= 11 is 0. The lowest BCUT2D eigenvalue weighted by Crippen LogP contribution is -2.51. The first-order valence-electron chi connectivity index (χ1n) is 9.72. The number of hydrogen-bond acceptors (Lipinski definition) is 4. The summed E-state index contributed by atoms with van der Waals surface area (Å²) in [6.07, 6.45) is -2.37. The van der Waals surface area contributed by atoms with E-state index >= 15 is 0 Å². The van der Waals surface area contributed by atoms with Gasteiger partial charge in [-0.3, -0.25) is 9.59 Å². The van der Waals surface area contributed by atoms with Gasteiger partial charge in [-0.05, 0) is 43.4 Å². The minimum Gasteiger partial charge on any atom is -0.396 e. The number of amides is 2. The van der Waals surface area contributed by atoms with Crippen molar-refractivity contribution in [3.8, 4) is 0 Å². The minimum atomic E-state index is -4.54. The van der Waals surface area contributed by atoms with Crippen LogP contribution in [0.2, 0.25) is 0 Å². The van der Waals surface area contributed by atoms with Gasteiger partial charge in [0, 0.05) is 30.3 Å². The van der Waals surface area contributed by atoms with Crippen LogP contribution in [0.4, 0.5) is 13.2 Å². The first-order chi connectivity index (χ1) is 13.6. The molecule has 2 rings (SSSR count). The van der Waals surface area contributed by atoms with Gasteiger partial charge >= 0.3 is 6.18 Å². The number of benzene rings is 1. The molecule has 1 saturated carbocycles. The zero-order chi connectivity index (χ0) is 21.6. The van der Waals surface area contributed by atoms with E-state index in [-0.39, 0.29) is 36.7 Å². The van der Waals surface area contributed by atoms with Crippen LogP contribution in [0.25, 0.3) is 0 Å². The molecule has 4 N–H and O–H groups in total. The lowest BCUT2D eigenvalue weighted by Gasteiger charge is -2.37. The Morgan fingerprint density at radius 1 is 1.24 bits per heavy atom. The molecule has 0 spiro atoms. The van der Waals surface area contributed by atoms with Gasteiger partial charge < -0.3 is 21.1 Å². The summed E-state index contributed by atoms with van der Waals surface area (Å²) in [6, 6.07) is 4.41. The molecule has 1 aromatic rings. The second-order valence-corrected chi connectivity index (χ2v) is 7.71. The third-order valence-electron chi connectivity index (χ3n) is 4.99. The number of hydrogen-bond donors (Lipinski definition) is 4. The van der Waals surface area contributed by atoms with Crippen molar-refractivity contribution in [2.24, 2.45) is 5.92 Å². The van der Waals surface area contributed by atoms with Crippen LogP contribution in [0, 0.1) is 5.92 Å². The Kier molecular flexibility index (Phi) is 8.04. The molecule has 1 fully saturated rings. The third kappa shape index (κ3) is 7.01. The molecule has 29 heavy (non-hydrogen) atoms. The fourth-order valence-corrected chi connectivity index (χ4v) is 3.62. The van der Waals surface area contributed by atoms with Gasteiger partial charge in [0.2, 0.25) is 5.91 Å². The Bertz CT molecular complexity index is 710. The molecule has 1 aliphatic carbocycles. The van der Waals surface area contributed by atoms with Crippen molar-refractivity contribution in [2.45, 2.75) is 57.4 Å². The van der Waals surface area contributed by atoms with E-state index in [0.29, 0.717) is 12.5 Å². The molecule has 0 aliphatic heterocycles. The Morgan fingerprint density at radius 2 is 1.97 bits per heavy atom.